The molecule has 1 aliphatic heterocycles. The van der Waals surface area contributed by atoms with Gasteiger partial charge in [-0.15, -0.1) is 0 Å². The Labute approximate surface area is 161 Å². The van der Waals surface area contributed by atoms with Crippen molar-refractivity contribution in [2.75, 3.05) is 6.54 Å². The Bertz CT molecular complexity index is 951. The van der Waals surface area contributed by atoms with Gasteiger partial charge < -0.3 is 26.7 Å². The number of hydrogen-bond donors (Lipinski definition) is 5. The summed E-state index contributed by atoms with van der Waals surface area (Å²) >= 11 is 0. The highest BCUT2D eigenvalue weighted by Gasteiger charge is 2.25. The third-order valence-electron chi connectivity index (χ3n) is 5.50. The molecule has 0 radical (unpaired) electrons. The Morgan fingerprint density at radius 1 is 1.29 bits per heavy atom. The minimum absolute atomic E-state index is 0.0324. The van der Waals surface area contributed by atoms with Gasteiger partial charge in [0.25, 0.3) is 5.91 Å². The molecule has 148 valence electrons. The smallest absolute Gasteiger partial charge is 0.319 e. The molecule has 28 heavy (non-hydrogen) atoms. The van der Waals surface area contributed by atoms with Crippen molar-refractivity contribution in [3.05, 3.63) is 41.5 Å². The molecule has 2 aromatic rings. The molecule has 7 nitrogen and oxygen atoms in total. The van der Waals surface area contributed by atoms with Crippen molar-refractivity contribution in [1.29, 1.82) is 0 Å². The van der Waals surface area contributed by atoms with Gasteiger partial charge in [0, 0.05) is 41.3 Å². The lowest BCUT2D eigenvalue weighted by molar-refractivity contribution is 0.0952. The number of hydrogen-bond acceptors (Lipinski definition) is 3. The predicted molar refractivity (Wildman–Crippen MR) is 105 cm³/mol. The molecule has 0 saturated heterocycles. The van der Waals surface area contributed by atoms with Crippen molar-refractivity contribution < 1.29 is 14.0 Å². The van der Waals surface area contributed by atoms with E-state index < -0.39 is 0 Å². The second-order valence-electron chi connectivity index (χ2n) is 7.41. The first-order chi connectivity index (χ1) is 13.5. The number of H-pyrrole nitrogens is 1. The number of rotatable bonds is 2. The number of aromatic amines is 1. The van der Waals surface area contributed by atoms with E-state index in [2.05, 4.69) is 20.9 Å². The lowest BCUT2D eigenvalue weighted by Crippen LogP contribution is -2.51. The molecule has 2 atom stereocenters. The van der Waals surface area contributed by atoms with Crippen LogP contribution in [-0.2, 0) is 0 Å². The van der Waals surface area contributed by atoms with Crippen LogP contribution in [0.4, 0.5) is 9.18 Å². The number of halogens is 1. The Morgan fingerprint density at radius 2 is 2.11 bits per heavy atom. The summed E-state index contributed by atoms with van der Waals surface area (Å²) in [6.07, 6.45) is 6.04. The second-order valence-corrected chi connectivity index (χ2v) is 7.41. The quantitative estimate of drug-likeness (QED) is 0.547. The Hall–Kier alpha value is -2.87. The van der Waals surface area contributed by atoms with Crippen molar-refractivity contribution >= 4 is 28.4 Å². The van der Waals surface area contributed by atoms with Crippen molar-refractivity contribution in [1.82, 2.24) is 20.9 Å². The maximum atomic E-state index is 13.8. The summed E-state index contributed by atoms with van der Waals surface area (Å²) in [5.74, 6) is -0.622. The zero-order valence-electron chi connectivity index (χ0n) is 15.5. The Morgan fingerprint density at radius 3 is 2.93 bits per heavy atom. The average Bonchev–Trinajstić information content (AvgIpc) is 2.97. The lowest BCUT2D eigenvalue weighted by atomic mass is 9.91. The molecule has 2 unspecified atom stereocenters. The number of nitrogens with one attached hydrogen (secondary N) is 4. The Kier molecular flexibility index (Phi) is 5.04. The summed E-state index contributed by atoms with van der Waals surface area (Å²) in [5.41, 5.74) is 8.52. The van der Waals surface area contributed by atoms with E-state index in [1.807, 2.05) is 0 Å². The van der Waals surface area contributed by atoms with E-state index in [0.29, 0.717) is 35.1 Å². The van der Waals surface area contributed by atoms with Gasteiger partial charge in [0.2, 0.25) is 0 Å². The molecule has 2 heterocycles. The molecule has 1 aromatic carbocycles. The molecular weight excluding hydrogens is 361 g/mol. The van der Waals surface area contributed by atoms with Gasteiger partial charge >= 0.3 is 6.03 Å². The zero-order valence-corrected chi connectivity index (χ0v) is 15.5. The summed E-state index contributed by atoms with van der Waals surface area (Å²) in [5, 5.41) is 9.12. The van der Waals surface area contributed by atoms with Crippen LogP contribution in [0.3, 0.4) is 0 Å². The molecular formula is C20H24FN5O2. The molecule has 1 aliphatic carbocycles. The number of nitrogens with two attached hydrogens (primary N) is 1. The highest BCUT2D eigenvalue weighted by atomic mass is 19.1. The van der Waals surface area contributed by atoms with E-state index in [-0.39, 0.29) is 29.8 Å². The largest absolute Gasteiger partial charge is 0.350 e. The normalized spacial score (nSPS) is 23.8. The van der Waals surface area contributed by atoms with E-state index in [9.17, 15) is 14.0 Å². The summed E-state index contributed by atoms with van der Waals surface area (Å²) < 4.78 is 13.8. The Balaban J connectivity index is 1.60. The van der Waals surface area contributed by atoms with E-state index in [1.54, 1.807) is 12.3 Å². The number of aromatic nitrogens is 1. The lowest BCUT2D eigenvalue weighted by Gasteiger charge is -2.29. The first-order valence-corrected chi connectivity index (χ1v) is 9.64. The van der Waals surface area contributed by atoms with Gasteiger partial charge in [0.15, 0.2) is 0 Å². The number of benzene rings is 1. The maximum Gasteiger partial charge on any atom is 0.319 e. The van der Waals surface area contributed by atoms with Crippen molar-refractivity contribution in [3.63, 3.8) is 0 Å². The van der Waals surface area contributed by atoms with E-state index >= 15 is 0 Å². The number of fused-ring (bicyclic) bond motifs is 3. The van der Waals surface area contributed by atoms with Gasteiger partial charge in [-0.3, -0.25) is 4.79 Å². The second kappa shape index (κ2) is 7.63. The van der Waals surface area contributed by atoms with Crippen LogP contribution in [0.1, 0.15) is 48.2 Å². The first kappa shape index (κ1) is 18.5. The fourth-order valence-electron chi connectivity index (χ4n) is 4.04. The van der Waals surface area contributed by atoms with Crippen molar-refractivity contribution in [3.8, 4) is 0 Å². The van der Waals surface area contributed by atoms with Crippen LogP contribution in [0.25, 0.3) is 16.5 Å². The van der Waals surface area contributed by atoms with Crippen LogP contribution in [0.2, 0.25) is 0 Å². The summed E-state index contributed by atoms with van der Waals surface area (Å²) in [4.78, 5) is 27.8. The molecule has 3 amide bonds. The third-order valence-corrected chi connectivity index (χ3v) is 5.50. The highest BCUT2D eigenvalue weighted by molar-refractivity contribution is 6.07. The molecule has 0 bridgehead atoms. The number of urea groups is 1. The molecule has 1 fully saturated rings. The minimum Gasteiger partial charge on any atom is -0.350 e. The van der Waals surface area contributed by atoms with Crippen LogP contribution >= 0.6 is 0 Å². The molecule has 0 spiro atoms. The molecule has 1 aromatic heterocycles. The average molecular weight is 385 g/mol. The third kappa shape index (κ3) is 3.60. The predicted octanol–water partition coefficient (Wildman–Crippen LogP) is 2.35. The summed E-state index contributed by atoms with van der Waals surface area (Å²) in [6, 6.07) is 3.95. The fourth-order valence-corrected chi connectivity index (χ4v) is 4.04. The first-order valence-electron chi connectivity index (χ1n) is 9.64. The number of carbonyl (C=O) groups excluding carboxylic acids is 2. The van der Waals surface area contributed by atoms with Gasteiger partial charge in [0.1, 0.15) is 11.5 Å². The molecule has 4 rings (SSSR count). The van der Waals surface area contributed by atoms with Crippen LogP contribution < -0.4 is 21.7 Å². The molecule has 1 saturated carbocycles. The van der Waals surface area contributed by atoms with E-state index in [4.69, 9.17) is 5.73 Å². The topological polar surface area (TPSA) is 112 Å². The molecule has 8 heteroatoms. The summed E-state index contributed by atoms with van der Waals surface area (Å²) in [7, 11) is 0. The number of amides is 3. The fraction of sp³-hybridized carbons (Fsp3) is 0.400. The van der Waals surface area contributed by atoms with Crippen molar-refractivity contribution in [2.45, 2.75) is 44.2 Å². The van der Waals surface area contributed by atoms with Gasteiger partial charge in [-0.1, -0.05) is 12.8 Å². The SMILES string of the molecule is NC1CCCCC1NC(=O)N/C=C1\CCNC(=O)c2[nH]c3ccc(F)cc3c21. The van der Waals surface area contributed by atoms with Gasteiger partial charge in [0.05, 0.1) is 0 Å². The van der Waals surface area contributed by atoms with Crippen molar-refractivity contribution in [2.24, 2.45) is 5.73 Å². The summed E-state index contributed by atoms with van der Waals surface area (Å²) in [6.45, 7) is 0.431. The van der Waals surface area contributed by atoms with Crippen LogP contribution in [-0.4, -0.2) is 35.6 Å². The highest BCUT2D eigenvalue weighted by Crippen LogP contribution is 2.32. The maximum absolute atomic E-state index is 13.8. The molecule has 6 N–H and O–H groups in total. The van der Waals surface area contributed by atoms with Gasteiger partial charge in [-0.05, 0) is 43.0 Å². The van der Waals surface area contributed by atoms with Crippen LogP contribution in [0.5, 0.6) is 0 Å². The van der Waals surface area contributed by atoms with Crippen LogP contribution in [0.15, 0.2) is 24.4 Å². The minimum atomic E-state index is -0.379. The van der Waals surface area contributed by atoms with E-state index in [0.717, 1.165) is 31.3 Å². The monoisotopic (exact) mass is 385 g/mol. The van der Waals surface area contributed by atoms with E-state index in [1.165, 1.54) is 12.1 Å². The van der Waals surface area contributed by atoms with Crippen LogP contribution in [0, 0.1) is 5.82 Å². The molecule has 2 aliphatic rings. The zero-order chi connectivity index (χ0) is 19.7. The number of carbonyl (C=O) groups is 2. The van der Waals surface area contributed by atoms with Gasteiger partial charge in [-0.2, -0.15) is 0 Å². The van der Waals surface area contributed by atoms with Gasteiger partial charge in [-0.25, -0.2) is 9.18 Å². The standard InChI is InChI=1S/C20H24FN5O2/c21-12-5-6-15-13(9-12)17-11(7-8-23-19(27)18(17)25-15)10-24-20(28)26-16-4-2-1-3-14(16)22/h5-6,9-10,14,16,25H,1-4,7-8,22H2,(H,23,27)(H2,24,26,28)/b11-10+.